The quantitative estimate of drug-likeness (QED) is 0.787. The number of aromatic nitrogens is 2. The van der Waals surface area contributed by atoms with Crippen molar-refractivity contribution in [3.05, 3.63) is 11.9 Å². The fraction of sp³-hybridized carbons (Fsp3) is 0.667. The van der Waals surface area contributed by atoms with Crippen LogP contribution in [0.2, 0.25) is 0 Å². The summed E-state index contributed by atoms with van der Waals surface area (Å²) in [6.07, 6.45) is 0.795. The monoisotopic (exact) mass is 251 g/mol. The molecule has 1 aliphatic rings. The number of aryl methyl sites for hydroxylation is 1. The summed E-state index contributed by atoms with van der Waals surface area (Å²) in [7, 11) is 0. The van der Waals surface area contributed by atoms with Gasteiger partial charge in [0.15, 0.2) is 0 Å². The van der Waals surface area contributed by atoms with Crippen LogP contribution in [0, 0.1) is 0 Å². The average Bonchev–Trinajstić information content (AvgIpc) is 2.39. The molecule has 2 heterocycles. The first-order valence-corrected chi connectivity index (χ1v) is 6.45. The molecule has 0 radical (unpaired) electrons. The maximum Gasteiger partial charge on any atom is 0.132 e. The molecule has 3 N–H and O–H groups in total. The Morgan fingerprint density at radius 2 is 2.17 bits per heavy atom. The molecule has 0 bridgehead atoms. The van der Waals surface area contributed by atoms with Crippen LogP contribution >= 0.6 is 0 Å². The summed E-state index contributed by atoms with van der Waals surface area (Å²) in [5, 5.41) is 3.29. The van der Waals surface area contributed by atoms with Crippen molar-refractivity contribution < 1.29 is 4.74 Å². The van der Waals surface area contributed by atoms with E-state index in [4.69, 9.17) is 10.5 Å². The van der Waals surface area contributed by atoms with Crippen molar-refractivity contribution >= 4 is 11.6 Å². The molecule has 0 aromatic carbocycles. The minimum absolute atomic E-state index is 0.524. The lowest BCUT2D eigenvalue weighted by Crippen LogP contribution is -2.39. The minimum Gasteiger partial charge on any atom is -0.384 e. The molecule has 1 aromatic rings. The zero-order chi connectivity index (χ0) is 12.8. The van der Waals surface area contributed by atoms with Crippen LogP contribution < -0.4 is 11.1 Å². The summed E-state index contributed by atoms with van der Waals surface area (Å²) in [6.45, 7) is 7.56. The van der Waals surface area contributed by atoms with E-state index in [9.17, 15) is 0 Å². The van der Waals surface area contributed by atoms with Crippen molar-refractivity contribution in [2.45, 2.75) is 13.3 Å². The third-order valence-electron chi connectivity index (χ3n) is 2.95. The van der Waals surface area contributed by atoms with Gasteiger partial charge in [-0.05, 0) is 0 Å². The molecular formula is C12H21N5O. The highest BCUT2D eigenvalue weighted by molar-refractivity contribution is 5.44. The van der Waals surface area contributed by atoms with Gasteiger partial charge in [0, 0.05) is 38.7 Å². The van der Waals surface area contributed by atoms with Crippen molar-refractivity contribution in [2.75, 3.05) is 50.4 Å². The van der Waals surface area contributed by atoms with Gasteiger partial charge in [-0.2, -0.15) is 0 Å². The Labute approximate surface area is 108 Å². The highest BCUT2D eigenvalue weighted by Gasteiger charge is 2.09. The van der Waals surface area contributed by atoms with Gasteiger partial charge in [0.05, 0.1) is 13.2 Å². The fourth-order valence-electron chi connectivity index (χ4n) is 1.93. The van der Waals surface area contributed by atoms with Gasteiger partial charge in [0.1, 0.15) is 17.5 Å². The molecule has 1 aliphatic heterocycles. The average molecular weight is 251 g/mol. The molecule has 0 unspecified atom stereocenters. The lowest BCUT2D eigenvalue weighted by molar-refractivity contribution is 0.0398. The molecular weight excluding hydrogens is 230 g/mol. The first-order valence-electron chi connectivity index (χ1n) is 6.45. The van der Waals surface area contributed by atoms with Crippen molar-refractivity contribution in [3.8, 4) is 0 Å². The number of nitrogen functional groups attached to an aromatic ring is 1. The lowest BCUT2D eigenvalue weighted by Gasteiger charge is -2.26. The van der Waals surface area contributed by atoms with Gasteiger partial charge in [0.25, 0.3) is 0 Å². The molecule has 18 heavy (non-hydrogen) atoms. The van der Waals surface area contributed by atoms with Gasteiger partial charge in [-0.15, -0.1) is 0 Å². The predicted molar refractivity (Wildman–Crippen MR) is 71.6 cm³/mol. The fourth-order valence-corrected chi connectivity index (χ4v) is 1.93. The number of hydrogen-bond acceptors (Lipinski definition) is 6. The molecule has 0 saturated carbocycles. The second kappa shape index (κ2) is 6.51. The van der Waals surface area contributed by atoms with Crippen LogP contribution in [0.5, 0.6) is 0 Å². The Bertz CT molecular complexity index is 379. The summed E-state index contributed by atoms with van der Waals surface area (Å²) >= 11 is 0. The Morgan fingerprint density at radius 3 is 2.89 bits per heavy atom. The van der Waals surface area contributed by atoms with Crippen LogP contribution in [0.25, 0.3) is 0 Å². The number of rotatable bonds is 5. The summed E-state index contributed by atoms with van der Waals surface area (Å²) in [5.41, 5.74) is 5.73. The van der Waals surface area contributed by atoms with E-state index in [1.165, 1.54) is 0 Å². The lowest BCUT2D eigenvalue weighted by atomic mass is 10.4. The highest BCUT2D eigenvalue weighted by atomic mass is 16.5. The van der Waals surface area contributed by atoms with Crippen molar-refractivity contribution in [1.82, 2.24) is 14.9 Å². The van der Waals surface area contributed by atoms with Gasteiger partial charge in [-0.1, -0.05) is 6.92 Å². The van der Waals surface area contributed by atoms with E-state index in [2.05, 4.69) is 20.2 Å². The number of nitrogens with one attached hydrogen (secondary N) is 1. The number of ether oxygens (including phenoxy) is 1. The van der Waals surface area contributed by atoms with E-state index in [1.807, 2.05) is 6.92 Å². The molecule has 1 fully saturated rings. The van der Waals surface area contributed by atoms with Gasteiger partial charge < -0.3 is 15.8 Å². The zero-order valence-electron chi connectivity index (χ0n) is 10.9. The predicted octanol–water partition coefficient (Wildman–Crippen LogP) is 0.365. The molecule has 0 spiro atoms. The van der Waals surface area contributed by atoms with Crippen LogP contribution in [0.4, 0.5) is 11.6 Å². The Morgan fingerprint density at radius 1 is 1.39 bits per heavy atom. The van der Waals surface area contributed by atoms with Crippen LogP contribution in [0.3, 0.4) is 0 Å². The molecule has 6 heteroatoms. The highest BCUT2D eigenvalue weighted by Crippen LogP contribution is 2.08. The molecule has 0 aliphatic carbocycles. The first-order chi connectivity index (χ1) is 8.78. The molecule has 0 amide bonds. The van der Waals surface area contributed by atoms with Gasteiger partial charge in [-0.25, -0.2) is 9.97 Å². The van der Waals surface area contributed by atoms with E-state index in [-0.39, 0.29) is 0 Å². The summed E-state index contributed by atoms with van der Waals surface area (Å²) in [5.74, 6) is 2.12. The molecule has 1 saturated heterocycles. The summed E-state index contributed by atoms with van der Waals surface area (Å²) < 4.78 is 5.31. The largest absolute Gasteiger partial charge is 0.384 e. The zero-order valence-corrected chi connectivity index (χ0v) is 10.9. The smallest absolute Gasteiger partial charge is 0.132 e. The molecule has 100 valence electrons. The molecule has 1 aromatic heterocycles. The van der Waals surface area contributed by atoms with E-state index < -0.39 is 0 Å². The number of hydrogen-bond donors (Lipinski definition) is 2. The maximum absolute atomic E-state index is 5.73. The third-order valence-corrected chi connectivity index (χ3v) is 2.95. The number of nitrogens with two attached hydrogens (primary N) is 1. The van der Waals surface area contributed by atoms with Gasteiger partial charge in [0.2, 0.25) is 0 Å². The van der Waals surface area contributed by atoms with Crippen LogP contribution in [0.15, 0.2) is 6.07 Å². The topological polar surface area (TPSA) is 76.3 Å². The van der Waals surface area contributed by atoms with Crippen molar-refractivity contribution in [1.29, 1.82) is 0 Å². The van der Waals surface area contributed by atoms with E-state index >= 15 is 0 Å². The maximum atomic E-state index is 5.73. The van der Waals surface area contributed by atoms with Crippen LogP contribution in [-0.4, -0.2) is 54.3 Å². The first kappa shape index (κ1) is 13.0. The number of nitrogens with zero attached hydrogens (tertiary/aromatic N) is 3. The van der Waals surface area contributed by atoms with E-state index in [0.29, 0.717) is 5.82 Å². The normalized spacial score (nSPS) is 16.7. The summed E-state index contributed by atoms with van der Waals surface area (Å²) in [6, 6.07) is 1.78. The Kier molecular flexibility index (Phi) is 4.72. The minimum atomic E-state index is 0.524. The number of morpholine rings is 1. The number of anilines is 2. The van der Waals surface area contributed by atoms with Gasteiger partial charge in [-0.3, -0.25) is 4.90 Å². The molecule has 2 rings (SSSR count). The van der Waals surface area contributed by atoms with Crippen molar-refractivity contribution in [2.24, 2.45) is 0 Å². The Hall–Kier alpha value is -1.40. The standard InChI is InChI=1S/C12H21N5O/c1-2-11-15-10(13)9-12(16-11)14-3-4-17-5-7-18-8-6-17/h9H,2-8H2,1H3,(H3,13,14,15,16). The van der Waals surface area contributed by atoms with Crippen molar-refractivity contribution in [3.63, 3.8) is 0 Å². The molecule has 6 nitrogen and oxygen atoms in total. The third kappa shape index (κ3) is 3.82. The second-order valence-corrected chi connectivity index (χ2v) is 4.33. The Balaban J connectivity index is 1.80. The SMILES string of the molecule is CCc1nc(N)cc(NCCN2CCOCC2)n1. The summed E-state index contributed by atoms with van der Waals surface area (Å²) in [4.78, 5) is 10.9. The molecule has 0 atom stereocenters. The van der Waals surface area contributed by atoms with Crippen LogP contribution in [-0.2, 0) is 11.2 Å². The van der Waals surface area contributed by atoms with E-state index in [0.717, 1.165) is 57.5 Å². The van der Waals surface area contributed by atoms with E-state index in [1.54, 1.807) is 6.07 Å². The van der Waals surface area contributed by atoms with Crippen LogP contribution in [0.1, 0.15) is 12.7 Å². The second-order valence-electron chi connectivity index (χ2n) is 4.33. The van der Waals surface area contributed by atoms with Gasteiger partial charge >= 0.3 is 0 Å².